The Hall–Kier alpha value is -1.91. The van der Waals surface area contributed by atoms with Crippen LogP contribution in [0.5, 0.6) is 0 Å². The molecule has 0 aromatic carbocycles. The molecule has 4 heterocycles. The Labute approximate surface area is 196 Å². The molecule has 6 atom stereocenters. The molecule has 2 aliphatic rings. The second kappa shape index (κ2) is 9.03. The highest BCUT2D eigenvalue weighted by Gasteiger charge is 2.59. The van der Waals surface area contributed by atoms with Gasteiger partial charge in [-0.1, -0.05) is 13.8 Å². The number of carbonyl (C=O) groups is 1. The molecule has 0 amide bonds. The van der Waals surface area contributed by atoms with Crippen molar-refractivity contribution in [2.75, 3.05) is 12.3 Å². The van der Waals surface area contributed by atoms with E-state index in [1.54, 1.807) is 18.4 Å². The van der Waals surface area contributed by atoms with Crippen molar-refractivity contribution in [2.24, 2.45) is 10.9 Å². The fourth-order valence-electron chi connectivity index (χ4n) is 3.88. The lowest BCUT2D eigenvalue weighted by molar-refractivity contribution is -0.120. The molecule has 2 aliphatic heterocycles. The molecule has 11 nitrogen and oxygen atoms in total. The van der Waals surface area contributed by atoms with E-state index in [1.165, 1.54) is 12.7 Å². The van der Waals surface area contributed by atoms with E-state index in [9.17, 15) is 9.36 Å². The molecule has 180 valence electrons. The zero-order chi connectivity index (χ0) is 24.0. The van der Waals surface area contributed by atoms with Crippen LogP contribution in [-0.2, 0) is 23.1 Å². The van der Waals surface area contributed by atoms with Gasteiger partial charge >= 0.3 is 7.60 Å². The van der Waals surface area contributed by atoms with Crippen LogP contribution in [0.15, 0.2) is 17.6 Å². The third kappa shape index (κ3) is 4.70. The highest BCUT2D eigenvalue weighted by atomic mass is 35.5. The number of carbonyl (C=O) groups excluding carboxylic acids is 1. The molecule has 2 aromatic rings. The van der Waals surface area contributed by atoms with Crippen molar-refractivity contribution in [3.05, 3.63) is 12.7 Å². The summed E-state index contributed by atoms with van der Waals surface area (Å²) in [5.74, 6) is 1.74. The molecule has 0 radical (unpaired) electrons. The normalized spacial score (nSPS) is 33.1. The van der Waals surface area contributed by atoms with Crippen LogP contribution in [0.3, 0.4) is 0 Å². The molecule has 2 aromatic heterocycles. The van der Waals surface area contributed by atoms with Crippen LogP contribution >= 0.6 is 19.2 Å². The molecule has 2 saturated heterocycles. The van der Waals surface area contributed by atoms with E-state index in [0.29, 0.717) is 23.5 Å². The Morgan fingerprint density at radius 3 is 2.91 bits per heavy atom. The van der Waals surface area contributed by atoms with Crippen molar-refractivity contribution in [2.45, 2.75) is 69.9 Å². The predicted molar refractivity (Wildman–Crippen MR) is 123 cm³/mol. The quantitative estimate of drug-likeness (QED) is 0.345. The first-order valence-electron chi connectivity index (χ1n) is 10.8. The Bertz CT molecular complexity index is 1120. The number of aromatic nitrogens is 4. The maximum atomic E-state index is 13.2. The maximum absolute atomic E-state index is 13.2. The van der Waals surface area contributed by atoms with Crippen LogP contribution in [0.1, 0.15) is 46.8 Å². The van der Waals surface area contributed by atoms with E-state index >= 15 is 0 Å². The molecular weight excluding hydrogens is 471 g/mol. The van der Waals surface area contributed by atoms with Gasteiger partial charge in [0, 0.05) is 6.42 Å². The van der Waals surface area contributed by atoms with Crippen LogP contribution in [0.25, 0.3) is 11.2 Å². The summed E-state index contributed by atoms with van der Waals surface area (Å²) < 4.78 is 32.3. The van der Waals surface area contributed by atoms with E-state index in [0.717, 1.165) is 12.4 Å². The van der Waals surface area contributed by atoms with Crippen molar-refractivity contribution in [1.29, 1.82) is 0 Å². The minimum Gasteiger partial charge on any atom is -0.382 e. The number of ether oxygens (including phenoxy) is 1. The standard InChI is InChI=1S/C20H28ClN6O5P/c1-11(2)5-6-13(28)12(3)26-10-33(29)30-7-14-16(32-33)20(4,21)19(31-14)27-9-25-15-17(22)23-8-24-18(15)27/h8-12,14,16,19H,5-7H2,1-4H3,(H2,22,23,24)/t12-,14-,16-,19-,20-,33?/m1/s1. The number of fused-ring (bicyclic) bond motifs is 2. The molecule has 4 rings (SSSR count). The van der Waals surface area contributed by atoms with Gasteiger partial charge in [-0.15, -0.1) is 11.6 Å². The third-order valence-electron chi connectivity index (χ3n) is 5.87. The van der Waals surface area contributed by atoms with Gasteiger partial charge in [-0.05, 0) is 26.2 Å². The summed E-state index contributed by atoms with van der Waals surface area (Å²) >= 11 is 6.90. The summed E-state index contributed by atoms with van der Waals surface area (Å²) in [6.07, 6.45) is 1.96. The number of ketones is 1. The zero-order valence-corrected chi connectivity index (χ0v) is 20.6. The molecule has 0 aliphatic carbocycles. The van der Waals surface area contributed by atoms with Gasteiger partial charge in [0.15, 0.2) is 23.5 Å². The zero-order valence-electron chi connectivity index (χ0n) is 18.9. The Kier molecular flexibility index (Phi) is 6.63. The lowest BCUT2D eigenvalue weighted by Gasteiger charge is -2.34. The fourth-order valence-corrected chi connectivity index (χ4v) is 5.86. The number of hydrogen-bond donors (Lipinski definition) is 1. The molecule has 0 saturated carbocycles. The van der Waals surface area contributed by atoms with Gasteiger partial charge < -0.3 is 15.0 Å². The van der Waals surface area contributed by atoms with Gasteiger partial charge in [-0.2, -0.15) is 0 Å². The Balaban J connectivity index is 1.51. The average Bonchev–Trinajstić information content (AvgIpc) is 3.29. The van der Waals surface area contributed by atoms with Gasteiger partial charge in [0.1, 0.15) is 40.9 Å². The number of hydrogen-bond acceptors (Lipinski definition) is 10. The number of anilines is 1. The number of nitrogen functional groups attached to an aromatic ring is 1. The number of imidazole rings is 1. The van der Waals surface area contributed by atoms with Crippen LogP contribution < -0.4 is 5.73 Å². The SMILES string of the molecule is CC(C)CCC(=O)[C@@H](C)N=CP1(=O)OC[C@H]2O[C@@H](n3cnc4c(N)ncnc43)[C@](C)(Cl)[C@@H]2O1. The van der Waals surface area contributed by atoms with E-state index < -0.39 is 36.9 Å². The first-order chi connectivity index (χ1) is 15.5. The van der Waals surface area contributed by atoms with E-state index in [1.807, 2.05) is 13.8 Å². The largest absolute Gasteiger partial charge is 0.382 e. The third-order valence-corrected chi connectivity index (χ3v) is 7.71. The number of halogens is 1. The van der Waals surface area contributed by atoms with Crippen LogP contribution in [0.2, 0.25) is 0 Å². The number of nitrogens with two attached hydrogens (primary N) is 1. The molecule has 0 bridgehead atoms. The van der Waals surface area contributed by atoms with Crippen LogP contribution in [-0.4, -0.2) is 61.0 Å². The summed E-state index contributed by atoms with van der Waals surface area (Å²) in [5, 5.41) is 0. The predicted octanol–water partition coefficient (Wildman–Crippen LogP) is 3.33. The van der Waals surface area contributed by atoms with Gasteiger partial charge in [0.2, 0.25) is 0 Å². The molecule has 2 fully saturated rings. The fraction of sp³-hybridized carbons (Fsp3) is 0.650. The Morgan fingerprint density at radius 2 is 2.18 bits per heavy atom. The number of rotatable bonds is 7. The van der Waals surface area contributed by atoms with E-state index in [4.69, 9.17) is 31.1 Å². The molecular formula is C20H28ClN6O5P. The van der Waals surface area contributed by atoms with Gasteiger partial charge in [-0.3, -0.25) is 23.4 Å². The highest BCUT2D eigenvalue weighted by molar-refractivity contribution is 7.69. The smallest absolute Gasteiger partial charge is 0.372 e. The van der Waals surface area contributed by atoms with Crippen LogP contribution in [0, 0.1) is 5.92 Å². The lowest BCUT2D eigenvalue weighted by atomic mass is 10.0. The second-order valence-electron chi connectivity index (χ2n) is 8.96. The van der Waals surface area contributed by atoms with Crippen molar-refractivity contribution in [1.82, 2.24) is 19.5 Å². The van der Waals surface area contributed by atoms with E-state index in [-0.39, 0.29) is 18.2 Å². The number of alkyl halides is 1. The first kappa shape index (κ1) is 24.2. The second-order valence-corrected chi connectivity index (χ2v) is 11.6. The number of nitrogens with zero attached hydrogens (tertiary/aromatic N) is 5. The van der Waals surface area contributed by atoms with Crippen molar-refractivity contribution in [3.8, 4) is 0 Å². The summed E-state index contributed by atoms with van der Waals surface area (Å²) in [6.45, 7) is 7.48. The van der Waals surface area contributed by atoms with E-state index in [2.05, 4.69) is 19.9 Å². The molecule has 13 heteroatoms. The monoisotopic (exact) mass is 498 g/mol. The average molecular weight is 499 g/mol. The number of aliphatic imine (C=N–C) groups is 1. The minimum absolute atomic E-state index is 0.00773. The van der Waals surface area contributed by atoms with Gasteiger partial charge in [0.05, 0.1) is 12.9 Å². The van der Waals surface area contributed by atoms with Crippen molar-refractivity contribution >= 4 is 47.9 Å². The Morgan fingerprint density at radius 1 is 1.42 bits per heavy atom. The van der Waals surface area contributed by atoms with Crippen molar-refractivity contribution in [3.63, 3.8) is 0 Å². The molecule has 0 spiro atoms. The van der Waals surface area contributed by atoms with Gasteiger partial charge in [-0.25, -0.2) is 15.0 Å². The topological polar surface area (TPSA) is 144 Å². The summed E-state index contributed by atoms with van der Waals surface area (Å²) in [4.78, 5) is 27.7. The summed E-state index contributed by atoms with van der Waals surface area (Å²) in [5.41, 5.74) is 6.76. The highest BCUT2D eigenvalue weighted by Crippen LogP contribution is 2.58. The first-order valence-corrected chi connectivity index (χ1v) is 12.8. The van der Waals surface area contributed by atoms with Crippen molar-refractivity contribution < 1.29 is 23.1 Å². The van der Waals surface area contributed by atoms with Crippen LogP contribution in [0.4, 0.5) is 5.82 Å². The van der Waals surface area contributed by atoms with Gasteiger partial charge in [0.25, 0.3) is 0 Å². The minimum atomic E-state index is -3.73. The maximum Gasteiger partial charge on any atom is 0.372 e. The summed E-state index contributed by atoms with van der Waals surface area (Å²) in [7, 11) is -3.73. The summed E-state index contributed by atoms with van der Waals surface area (Å²) in [6, 6.07) is -0.642. The molecule has 33 heavy (non-hydrogen) atoms. The molecule has 1 unspecified atom stereocenters. The molecule has 2 N–H and O–H groups in total. The number of Topliss-reactive ketones (excluding diaryl/α,β-unsaturated/α-hetero) is 1. The lowest BCUT2D eigenvalue weighted by Crippen LogP contribution is -2.44.